The van der Waals surface area contributed by atoms with E-state index in [-0.39, 0.29) is 11.2 Å². The van der Waals surface area contributed by atoms with Gasteiger partial charge in [-0.1, -0.05) is 27.7 Å². The third-order valence-electron chi connectivity index (χ3n) is 6.00. The van der Waals surface area contributed by atoms with Crippen LogP contribution >= 0.6 is 23.1 Å². The molecule has 166 valence electrons. The standard InChI is InChI=1S/C25H28N4OS2/c1-5-16-10-17(24(32-16)31-6-2)21-18(13-26)23(27)29(15-8-7-9-28-14-15)19-11-25(3,4)12-20(30)22(19)21/h7-10,14,21H,5-6,11-12,27H2,1-4H3/t21-/m0/s1. The van der Waals surface area contributed by atoms with Gasteiger partial charge in [0, 0.05) is 28.8 Å². The summed E-state index contributed by atoms with van der Waals surface area (Å²) >= 11 is 3.53. The van der Waals surface area contributed by atoms with Gasteiger partial charge in [-0.25, -0.2) is 0 Å². The maximum atomic E-state index is 13.6. The van der Waals surface area contributed by atoms with Crippen LogP contribution in [0.15, 0.2) is 57.5 Å². The SMILES string of the molecule is CCSc1sc(CC)cc1[C@H]1C(C#N)=C(N)N(c2cccnc2)C2=C1C(=O)CC(C)(C)C2. The number of thioether (sulfide) groups is 1. The molecule has 2 aliphatic rings. The number of Topliss-reactive ketones (excluding diaryl/α,β-unsaturated/α-hetero) is 1. The fraction of sp³-hybridized carbons (Fsp3) is 0.400. The Morgan fingerprint density at radius 1 is 1.38 bits per heavy atom. The summed E-state index contributed by atoms with van der Waals surface area (Å²) in [5, 5.41) is 10.3. The van der Waals surface area contributed by atoms with Crippen molar-refractivity contribution in [3.05, 3.63) is 63.7 Å². The van der Waals surface area contributed by atoms with Gasteiger partial charge in [-0.3, -0.25) is 14.7 Å². The van der Waals surface area contributed by atoms with Gasteiger partial charge in [-0.05, 0) is 47.8 Å². The number of aryl methyl sites for hydroxylation is 1. The normalized spacial score (nSPS) is 20.4. The van der Waals surface area contributed by atoms with E-state index in [9.17, 15) is 10.1 Å². The Morgan fingerprint density at radius 2 is 2.16 bits per heavy atom. The van der Waals surface area contributed by atoms with Crippen LogP contribution < -0.4 is 10.6 Å². The maximum Gasteiger partial charge on any atom is 0.162 e. The number of rotatable bonds is 5. The Bertz CT molecular complexity index is 1150. The van der Waals surface area contributed by atoms with Crippen LogP contribution in [-0.2, 0) is 11.2 Å². The van der Waals surface area contributed by atoms with Crippen LogP contribution in [-0.4, -0.2) is 16.5 Å². The zero-order valence-electron chi connectivity index (χ0n) is 18.9. The Hall–Kier alpha value is -2.56. The van der Waals surface area contributed by atoms with Gasteiger partial charge in [0.05, 0.1) is 33.7 Å². The highest BCUT2D eigenvalue weighted by molar-refractivity contribution is 8.01. The summed E-state index contributed by atoms with van der Waals surface area (Å²) in [5.41, 5.74) is 10.4. The van der Waals surface area contributed by atoms with Crippen molar-refractivity contribution in [2.24, 2.45) is 11.1 Å². The molecule has 2 aromatic rings. The lowest BCUT2D eigenvalue weighted by atomic mass is 9.69. The monoisotopic (exact) mass is 464 g/mol. The summed E-state index contributed by atoms with van der Waals surface area (Å²) in [7, 11) is 0. The molecule has 1 aliphatic carbocycles. The fourth-order valence-corrected chi connectivity index (χ4v) is 7.04. The van der Waals surface area contributed by atoms with Gasteiger partial charge in [0.15, 0.2) is 5.78 Å². The van der Waals surface area contributed by atoms with Crippen LogP contribution in [0.5, 0.6) is 0 Å². The van der Waals surface area contributed by atoms with Crippen molar-refractivity contribution in [1.82, 2.24) is 4.98 Å². The summed E-state index contributed by atoms with van der Waals surface area (Å²) < 4.78 is 1.18. The lowest BCUT2D eigenvalue weighted by Crippen LogP contribution is -2.42. The van der Waals surface area contributed by atoms with E-state index in [1.54, 1.807) is 35.5 Å². The summed E-state index contributed by atoms with van der Waals surface area (Å²) in [5.74, 6) is 1.01. The number of ketones is 1. The zero-order chi connectivity index (χ0) is 23.0. The van der Waals surface area contributed by atoms with E-state index in [1.807, 2.05) is 17.0 Å². The van der Waals surface area contributed by atoms with E-state index >= 15 is 0 Å². The minimum absolute atomic E-state index is 0.104. The molecule has 5 nitrogen and oxygen atoms in total. The van der Waals surface area contributed by atoms with Gasteiger partial charge in [-0.2, -0.15) is 5.26 Å². The molecule has 0 aromatic carbocycles. The number of carbonyl (C=O) groups excluding carboxylic acids is 1. The van der Waals surface area contributed by atoms with Gasteiger partial charge < -0.3 is 5.73 Å². The van der Waals surface area contributed by atoms with E-state index in [0.29, 0.717) is 24.2 Å². The molecule has 3 heterocycles. The molecular formula is C25H28N4OS2. The number of allylic oxidation sites excluding steroid dienone is 3. The third kappa shape index (κ3) is 3.87. The molecule has 0 unspecified atom stereocenters. The molecule has 2 aromatic heterocycles. The largest absolute Gasteiger partial charge is 0.384 e. The molecule has 0 bridgehead atoms. The molecule has 4 rings (SSSR count). The molecule has 0 spiro atoms. The number of pyridine rings is 1. The predicted molar refractivity (Wildman–Crippen MR) is 131 cm³/mol. The number of hydrogen-bond donors (Lipinski definition) is 1. The highest BCUT2D eigenvalue weighted by atomic mass is 32.2. The third-order valence-corrected chi connectivity index (χ3v) is 8.48. The quantitative estimate of drug-likeness (QED) is 0.567. The molecule has 7 heteroatoms. The lowest BCUT2D eigenvalue weighted by molar-refractivity contribution is -0.118. The van der Waals surface area contributed by atoms with Crippen LogP contribution in [0.4, 0.5) is 5.69 Å². The highest BCUT2D eigenvalue weighted by Gasteiger charge is 2.45. The number of anilines is 1. The molecule has 0 saturated carbocycles. The fourth-order valence-electron chi connectivity index (χ4n) is 4.66. The van der Waals surface area contributed by atoms with Crippen molar-refractivity contribution in [2.45, 2.75) is 57.1 Å². The minimum atomic E-state index is -0.419. The first-order valence-electron chi connectivity index (χ1n) is 10.9. The molecule has 1 atom stereocenters. The van der Waals surface area contributed by atoms with E-state index in [1.165, 1.54) is 9.09 Å². The van der Waals surface area contributed by atoms with Crippen molar-refractivity contribution < 1.29 is 4.79 Å². The van der Waals surface area contributed by atoms with Gasteiger partial charge in [-0.15, -0.1) is 23.1 Å². The lowest BCUT2D eigenvalue weighted by Gasteiger charge is -2.43. The topological polar surface area (TPSA) is 83.0 Å². The highest BCUT2D eigenvalue weighted by Crippen LogP contribution is 2.52. The number of hydrogen-bond acceptors (Lipinski definition) is 7. The first kappa shape index (κ1) is 22.6. The van der Waals surface area contributed by atoms with E-state index in [0.717, 1.165) is 34.7 Å². The predicted octanol–water partition coefficient (Wildman–Crippen LogP) is 5.76. The summed E-state index contributed by atoms with van der Waals surface area (Å²) in [6.07, 6.45) is 5.53. The first-order valence-corrected chi connectivity index (χ1v) is 12.7. The van der Waals surface area contributed by atoms with E-state index in [2.05, 4.69) is 44.8 Å². The Morgan fingerprint density at radius 3 is 2.78 bits per heavy atom. The van der Waals surface area contributed by atoms with Crippen molar-refractivity contribution in [2.75, 3.05) is 10.7 Å². The summed E-state index contributed by atoms with van der Waals surface area (Å²) in [6.45, 7) is 8.49. The number of aromatic nitrogens is 1. The molecule has 32 heavy (non-hydrogen) atoms. The van der Waals surface area contributed by atoms with Crippen molar-refractivity contribution in [1.29, 1.82) is 5.26 Å². The average molecular weight is 465 g/mol. The first-order chi connectivity index (χ1) is 15.3. The van der Waals surface area contributed by atoms with Gasteiger partial charge in [0.1, 0.15) is 5.82 Å². The van der Waals surface area contributed by atoms with Crippen molar-refractivity contribution >= 4 is 34.6 Å². The zero-order valence-corrected chi connectivity index (χ0v) is 20.6. The second-order valence-corrected chi connectivity index (χ2v) is 11.6. The van der Waals surface area contributed by atoms with Gasteiger partial charge in [0.25, 0.3) is 0 Å². The minimum Gasteiger partial charge on any atom is -0.384 e. The molecule has 1 aliphatic heterocycles. The molecule has 0 saturated heterocycles. The number of carbonyl (C=O) groups is 1. The van der Waals surface area contributed by atoms with Crippen LogP contribution in [0.1, 0.15) is 56.9 Å². The smallest absolute Gasteiger partial charge is 0.162 e. The van der Waals surface area contributed by atoms with E-state index < -0.39 is 5.92 Å². The summed E-state index contributed by atoms with van der Waals surface area (Å²) in [6, 6.07) is 8.32. The Labute approximate surface area is 198 Å². The second-order valence-electron chi connectivity index (χ2n) is 8.93. The van der Waals surface area contributed by atoms with Crippen LogP contribution in [0.3, 0.4) is 0 Å². The Balaban J connectivity index is 2.00. The van der Waals surface area contributed by atoms with Crippen LogP contribution in [0.2, 0.25) is 0 Å². The van der Waals surface area contributed by atoms with Crippen LogP contribution in [0, 0.1) is 16.7 Å². The Kier molecular flexibility index (Phi) is 6.19. The molecule has 0 amide bonds. The van der Waals surface area contributed by atoms with E-state index in [4.69, 9.17) is 5.73 Å². The number of nitriles is 1. The molecule has 2 N–H and O–H groups in total. The van der Waals surface area contributed by atoms with Crippen molar-refractivity contribution in [3.63, 3.8) is 0 Å². The van der Waals surface area contributed by atoms with Crippen molar-refractivity contribution in [3.8, 4) is 6.07 Å². The van der Waals surface area contributed by atoms with Crippen LogP contribution in [0.25, 0.3) is 0 Å². The molecule has 0 fully saturated rings. The number of nitrogens with zero attached hydrogens (tertiary/aromatic N) is 3. The average Bonchev–Trinajstić information content (AvgIpc) is 3.15. The molecule has 0 radical (unpaired) electrons. The number of thiophene rings is 1. The maximum absolute atomic E-state index is 13.6. The van der Waals surface area contributed by atoms with Gasteiger partial charge >= 0.3 is 0 Å². The number of nitrogens with two attached hydrogens (primary N) is 1. The van der Waals surface area contributed by atoms with Gasteiger partial charge in [0.2, 0.25) is 0 Å². The molecular weight excluding hydrogens is 436 g/mol. The summed E-state index contributed by atoms with van der Waals surface area (Å²) in [4.78, 5) is 21.0. The second kappa shape index (κ2) is 8.76.